The van der Waals surface area contributed by atoms with Crippen LogP contribution in [0.5, 0.6) is 0 Å². The van der Waals surface area contributed by atoms with Crippen LogP contribution in [0.4, 0.5) is 4.79 Å². The summed E-state index contributed by atoms with van der Waals surface area (Å²) >= 11 is 0. The minimum Gasteiger partial charge on any atom is -0.481 e. The van der Waals surface area contributed by atoms with Crippen LogP contribution in [0.25, 0.3) is 0 Å². The van der Waals surface area contributed by atoms with E-state index >= 15 is 0 Å². The van der Waals surface area contributed by atoms with Gasteiger partial charge in [-0.15, -0.1) is 0 Å². The van der Waals surface area contributed by atoms with E-state index in [-0.39, 0.29) is 30.7 Å². The Morgan fingerprint density at radius 2 is 1.93 bits per heavy atom. The zero-order valence-electron chi connectivity index (χ0n) is 16.8. The number of carbonyl (C=O) groups is 3. The predicted octanol–water partition coefficient (Wildman–Crippen LogP) is 3.34. The minimum atomic E-state index is -0.974. The summed E-state index contributed by atoms with van der Waals surface area (Å²) < 4.78 is 10.5. The van der Waals surface area contributed by atoms with E-state index in [0.717, 1.165) is 12.8 Å². The summed E-state index contributed by atoms with van der Waals surface area (Å²) in [5, 5.41) is 12.0. The van der Waals surface area contributed by atoms with Gasteiger partial charge in [-0.25, -0.2) is 4.79 Å². The normalized spacial score (nSPS) is 27.4. The van der Waals surface area contributed by atoms with E-state index < -0.39 is 29.7 Å². The van der Waals surface area contributed by atoms with Gasteiger partial charge in [0.05, 0.1) is 12.3 Å². The van der Waals surface area contributed by atoms with Crippen LogP contribution in [-0.2, 0) is 19.1 Å². The molecule has 0 unspecified atom stereocenters. The summed E-state index contributed by atoms with van der Waals surface area (Å²) in [5.41, 5.74) is 0.801. The van der Waals surface area contributed by atoms with Crippen molar-refractivity contribution in [2.45, 2.75) is 60.2 Å². The maximum atomic E-state index is 12.3. The lowest BCUT2D eigenvalue weighted by atomic mass is 9.53. The van der Waals surface area contributed by atoms with Crippen LogP contribution < -0.4 is 5.32 Å². The number of nitrogens with one attached hydrogen (secondary N) is 1. The molecule has 0 radical (unpaired) electrons. The lowest BCUT2D eigenvalue weighted by Crippen LogP contribution is -2.53. The van der Waals surface area contributed by atoms with Crippen molar-refractivity contribution < 1.29 is 29.0 Å². The van der Waals surface area contributed by atoms with Crippen LogP contribution in [0.1, 0.15) is 53.9 Å². The number of esters is 1. The van der Waals surface area contributed by atoms with Crippen molar-refractivity contribution in [3.63, 3.8) is 0 Å². The monoisotopic (exact) mass is 381 g/mol. The molecule has 7 heteroatoms. The number of carboxylic acids is 1. The topological polar surface area (TPSA) is 102 Å². The molecule has 7 nitrogen and oxygen atoms in total. The van der Waals surface area contributed by atoms with Gasteiger partial charge in [0.25, 0.3) is 6.29 Å². The highest BCUT2D eigenvalue weighted by atomic mass is 16.7. The van der Waals surface area contributed by atoms with E-state index in [2.05, 4.69) is 18.3 Å². The largest absolute Gasteiger partial charge is 0.481 e. The van der Waals surface area contributed by atoms with Crippen molar-refractivity contribution >= 4 is 18.0 Å². The van der Waals surface area contributed by atoms with Gasteiger partial charge in [0, 0.05) is 17.9 Å². The third-order valence-electron chi connectivity index (χ3n) is 5.49. The first-order valence-electron chi connectivity index (χ1n) is 9.58. The molecule has 152 valence electrons. The van der Waals surface area contributed by atoms with Crippen LogP contribution in [-0.4, -0.2) is 36.0 Å². The molecule has 1 fully saturated rings. The molecule has 0 aromatic rings. The number of hydrogen-bond donors (Lipinski definition) is 2. The molecule has 0 aromatic carbocycles. The van der Waals surface area contributed by atoms with E-state index in [4.69, 9.17) is 9.47 Å². The molecule has 0 aliphatic heterocycles. The second kappa shape index (κ2) is 8.31. The molecule has 2 N–H and O–H groups in total. The molecule has 4 atom stereocenters. The summed E-state index contributed by atoms with van der Waals surface area (Å²) in [6.45, 7) is 9.28. The van der Waals surface area contributed by atoms with Crippen LogP contribution in [0.15, 0.2) is 11.6 Å². The predicted molar refractivity (Wildman–Crippen MR) is 98.7 cm³/mol. The maximum Gasteiger partial charge on any atom is 0.410 e. The number of amides is 1. The second-order valence-electron chi connectivity index (χ2n) is 8.60. The smallest absolute Gasteiger partial charge is 0.410 e. The van der Waals surface area contributed by atoms with E-state index in [9.17, 15) is 19.5 Å². The fourth-order valence-corrected chi connectivity index (χ4v) is 4.11. The van der Waals surface area contributed by atoms with E-state index in [0.29, 0.717) is 5.92 Å². The zero-order valence-corrected chi connectivity index (χ0v) is 16.8. The van der Waals surface area contributed by atoms with Gasteiger partial charge in [0.2, 0.25) is 0 Å². The fraction of sp³-hybridized carbons (Fsp3) is 0.750. The molecular formula is C20H31NO6. The number of alkyl carbamates (subject to hydrolysis) is 1. The van der Waals surface area contributed by atoms with Crippen LogP contribution in [0.2, 0.25) is 0 Å². The summed E-state index contributed by atoms with van der Waals surface area (Å²) in [6.07, 6.45) is 2.25. The lowest BCUT2D eigenvalue weighted by molar-refractivity contribution is -0.179. The Kier molecular flexibility index (Phi) is 6.54. The Labute approximate surface area is 160 Å². The maximum absolute atomic E-state index is 12.3. The number of fused-ring (bicyclic) bond motifs is 1. The molecule has 2 aliphatic carbocycles. The highest BCUT2D eigenvalue weighted by Crippen LogP contribution is 2.59. The molecule has 0 aromatic heterocycles. The SMILES string of the molecule is CC1=C[C@@H]2[C@H](C1)C[C@]2(CNC(=O)O[C@H](OC(=O)C(C)C)C(C)C)CC(=O)O. The highest BCUT2D eigenvalue weighted by Gasteiger charge is 2.55. The average Bonchev–Trinajstić information content (AvgIpc) is 2.86. The summed E-state index contributed by atoms with van der Waals surface area (Å²) in [7, 11) is 0. The van der Waals surface area contributed by atoms with Gasteiger partial charge in [0.15, 0.2) is 0 Å². The zero-order chi connectivity index (χ0) is 20.4. The van der Waals surface area contributed by atoms with Gasteiger partial charge in [-0.2, -0.15) is 0 Å². The third kappa shape index (κ3) is 5.02. The number of ether oxygens (including phenoxy) is 2. The number of rotatable bonds is 8. The Balaban J connectivity index is 1.95. The molecule has 2 aliphatic rings. The van der Waals surface area contributed by atoms with Crippen molar-refractivity contribution in [3.8, 4) is 0 Å². The van der Waals surface area contributed by atoms with Crippen LogP contribution in [0, 0.1) is 29.1 Å². The number of allylic oxidation sites excluding steroid dienone is 2. The van der Waals surface area contributed by atoms with Crippen molar-refractivity contribution in [3.05, 3.63) is 11.6 Å². The van der Waals surface area contributed by atoms with Crippen LogP contribution in [0.3, 0.4) is 0 Å². The Bertz CT molecular complexity index is 626. The Morgan fingerprint density at radius 3 is 2.44 bits per heavy atom. The van der Waals surface area contributed by atoms with Gasteiger partial charge >= 0.3 is 18.0 Å². The van der Waals surface area contributed by atoms with Crippen molar-refractivity contribution in [1.29, 1.82) is 0 Å². The highest BCUT2D eigenvalue weighted by molar-refractivity contribution is 5.72. The number of carboxylic acid groups (broad SMARTS) is 1. The first kappa shape index (κ1) is 21.3. The molecule has 0 heterocycles. The number of hydrogen-bond acceptors (Lipinski definition) is 5. The van der Waals surface area contributed by atoms with Crippen LogP contribution >= 0.6 is 0 Å². The molecular weight excluding hydrogens is 350 g/mol. The van der Waals surface area contributed by atoms with Gasteiger partial charge < -0.3 is 19.9 Å². The minimum absolute atomic E-state index is 0.00811. The van der Waals surface area contributed by atoms with Crippen molar-refractivity contribution in [1.82, 2.24) is 5.32 Å². The fourth-order valence-electron chi connectivity index (χ4n) is 4.11. The quantitative estimate of drug-likeness (QED) is 0.380. The first-order valence-corrected chi connectivity index (χ1v) is 9.58. The molecule has 0 saturated heterocycles. The number of aliphatic carboxylic acids is 1. The van der Waals surface area contributed by atoms with Crippen molar-refractivity contribution in [2.75, 3.05) is 6.54 Å². The van der Waals surface area contributed by atoms with Gasteiger partial charge in [-0.3, -0.25) is 9.59 Å². The Hall–Kier alpha value is -2.05. The molecule has 1 amide bonds. The van der Waals surface area contributed by atoms with Gasteiger partial charge in [-0.1, -0.05) is 39.3 Å². The lowest BCUT2D eigenvalue weighted by Gasteiger charge is -2.51. The van der Waals surface area contributed by atoms with E-state index in [1.54, 1.807) is 27.7 Å². The molecule has 0 spiro atoms. The van der Waals surface area contributed by atoms with Gasteiger partial charge in [-0.05, 0) is 31.6 Å². The standard InChI is InChI=1S/C20H31NO6/c1-11(2)17(24)26-18(12(3)4)27-19(25)21-10-20(9-16(22)23)8-14-6-13(5)7-15(14)20/h7,11-12,14-15,18H,6,8-10H2,1-5H3,(H,21,25)(H,22,23)/t14-,15-,18+,20-/m1/s1. The average molecular weight is 381 g/mol. The van der Waals surface area contributed by atoms with Gasteiger partial charge in [0.1, 0.15) is 0 Å². The molecule has 2 rings (SSSR count). The van der Waals surface area contributed by atoms with Crippen molar-refractivity contribution in [2.24, 2.45) is 29.1 Å². The summed E-state index contributed by atoms with van der Waals surface area (Å²) in [5.74, 6) is -1.17. The summed E-state index contributed by atoms with van der Waals surface area (Å²) in [4.78, 5) is 35.4. The second-order valence-corrected chi connectivity index (χ2v) is 8.60. The Morgan fingerprint density at radius 1 is 1.26 bits per heavy atom. The summed E-state index contributed by atoms with van der Waals surface area (Å²) in [6, 6.07) is 0. The first-order chi connectivity index (χ1) is 12.5. The molecule has 0 bridgehead atoms. The molecule has 27 heavy (non-hydrogen) atoms. The van der Waals surface area contributed by atoms with E-state index in [1.165, 1.54) is 5.57 Å². The van der Waals surface area contributed by atoms with E-state index in [1.807, 2.05) is 0 Å². The molecule has 1 saturated carbocycles. The third-order valence-corrected chi connectivity index (χ3v) is 5.49. The number of carbonyl (C=O) groups excluding carboxylic acids is 2.